The molecular formula is C19H32FNO. The molecule has 0 atom stereocenters. The standard InChI is InChI=1S/C19H32FNO/c20-18-8-6-15(7-9-18)14-21-12-10-17(11-13-21)19(22)16-4-2-1-3-5-16/h15-18H,1-14H2. The van der Waals surface area contributed by atoms with Gasteiger partial charge in [-0.15, -0.1) is 0 Å². The Morgan fingerprint density at radius 1 is 0.818 bits per heavy atom. The first kappa shape index (κ1) is 16.4. The zero-order chi connectivity index (χ0) is 15.4. The lowest BCUT2D eigenvalue weighted by Gasteiger charge is -2.36. The van der Waals surface area contributed by atoms with Crippen molar-refractivity contribution in [1.82, 2.24) is 4.90 Å². The Bertz CT molecular complexity index is 350. The molecule has 2 saturated carbocycles. The van der Waals surface area contributed by atoms with Crippen LogP contribution in [-0.2, 0) is 4.79 Å². The van der Waals surface area contributed by atoms with Crippen LogP contribution in [0.2, 0.25) is 0 Å². The second-order valence-corrected chi connectivity index (χ2v) is 7.93. The van der Waals surface area contributed by atoms with Crippen molar-refractivity contribution in [3.8, 4) is 0 Å². The first-order chi connectivity index (χ1) is 10.7. The third kappa shape index (κ3) is 4.31. The fourth-order valence-corrected chi connectivity index (χ4v) is 4.79. The minimum Gasteiger partial charge on any atom is -0.303 e. The molecule has 126 valence electrons. The number of likely N-dealkylation sites (tertiary alicyclic amines) is 1. The van der Waals surface area contributed by atoms with E-state index in [9.17, 15) is 9.18 Å². The number of hydrogen-bond acceptors (Lipinski definition) is 2. The molecular weight excluding hydrogens is 277 g/mol. The molecule has 3 rings (SSSR count). The van der Waals surface area contributed by atoms with Gasteiger partial charge in [0.05, 0.1) is 0 Å². The van der Waals surface area contributed by atoms with Crippen molar-refractivity contribution in [1.29, 1.82) is 0 Å². The fourth-order valence-electron chi connectivity index (χ4n) is 4.79. The van der Waals surface area contributed by atoms with E-state index in [1.54, 1.807) is 0 Å². The summed E-state index contributed by atoms with van der Waals surface area (Å²) in [4.78, 5) is 15.2. The lowest BCUT2D eigenvalue weighted by Crippen LogP contribution is -2.41. The van der Waals surface area contributed by atoms with Crippen LogP contribution in [-0.4, -0.2) is 36.5 Å². The highest BCUT2D eigenvalue weighted by molar-refractivity contribution is 5.83. The molecule has 3 heteroatoms. The van der Waals surface area contributed by atoms with Gasteiger partial charge < -0.3 is 4.90 Å². The summed E-state index contributed by atoms with van der Waals surface area (Å²) >= 11 is 0. The van der Waals surface area contributed by atoms with E-state index in [0.29, 0.717) is 23.5 Å². The van der Waals surface area contributed by atoms with Crippen LogP contribution in [0.25, 0.3) is 0 Å². The van der Waals surface area contributed by atoms with Gasteiger partial charge in [0.15, 0.2) is 0 Å². The summed E-state index contributed by atoms with van der Waals surface area (Å²) in [5.74, 6) is 1.99. The first-order valence-electron chi connectivity index (χ1n) is 9.62. The SMILES string of the molecule is O=C(C1CCCCC1)C1CCN(CC2CCC(F)CC2)CC1. The summed E-state index contributed by atoms with van der Waals surface area (Å²) in [6, 6.07) is 0. The van der Waals surface area contributed by atoms with Crippen LogP contribution in [0.5, 0.6) is 0 Å². The van der Waals surface area contributed by atoms with E-state index in [0.717, 1.165) is 71.0 Å². The molecule has 1 aliphatic heterocycles. The van der Waals surface area contributed by atoms with E-state index in [1.807, 2.05) is 0 Å². The first-order valence-corrected chi connectivity index (χ1v) is 9.62. The van der Waals surface area contributed by atoms with Crippen molar-refractivity contribution in [2.75, 3.05) is 19.6 Å². The topological polar surface area (TPSA) is 20.3 Å². The van der Waals surface area contributed by atoms with Crippen LogP contribution in [0.15, 0.2) is 0 Å². The molecule has 0 aromatic rings. The Kier molecular flexibility index (Phi) is 5.89. The van der Waals surface area contributed by atoms with Crippen molar-refractivity contribution in [2.45, 2.75) is 76.8 Å². The van der Waals surface area contributed by atoms with E-state index < -0.39 is 6.17 Å². The second kappa shape index (κ2) is 7.90. The minimum absolute atomic E-state index is 0.334. The number of alkyl halides is 1. The molecule has 22 heavy (non-hydrogen) atoms. The van der Waals surface area contributed by atoms with Crippen LogP contribution in [0.3, 0.4) is 0 Å². The van der Waals surface area contributed by atoms with Gasteiger partial charge in [-0.25, -0.2) is 4.39 Å². The third-order valence-corrected chi connectivity index (χ3v) is 6.29. The van der Waals surface area contributed by atoms with Crippen molar-refractivity contribution >= 4 is 5.78 Å². The zero-order valence-corrected chi connectivity index (χ0v) is 13.9. The highest BCUT2D eigenvalue weighted by Crippen LogP contribution is 2.32. The number of Topliss-reactive ketones (excluding diaryl/α,β-unsaturated/α-hetero) is 1. The fraction of sp³-hybridized carbons (Fsp3) is 0.947. The summed E-state index contributed by atoms with van der Waals surface area (Å²) in [6.07, 6.45) is 11.4. The number of halogens is 1. The van der Waals surface area contributed by atoms with E-state index in [-0.39, 0.29) is 0 Å². The largest absolute Gasteiger partial charge is 0.303 e. The Balaban J connectivity index is 1.39. The summed E-state index contributed by atoms with van der Waals surface area (Å²) in [6.45, 7) is 3.30. The molecule has 0 aromatic heterocycles. The monoisotopic (exact) mass is 309 g/mol. The van der Waals surface area contributed by atoms with Crippen LogP contribution in [0.4, 0.5) is 4.39 Å². The number of carbonyl (C=O) groups is 1. The number of ketones is 1. The predicted octanol–water partition coefficient (Wildman–Crippen LogP) is 4.38. The van der Waals surface area contributed by atoms with Crippen LogP contribution in [0, 0.1) is 17.8 Å². The van der Waals surface area contributed by atoms with E-state index in [2.05, 4.69) is 4.90 Å². The average molecular weight is 309 g/mol. The molecule has 0 unspecified atom stereocenters. The molecule has 0 N–H and O–H groups in total. The average Bonchev–Trinajstić information content (AvgIpc) is 2.58. The summed E-state index contributed by atoms with van der Waals surface area (Å²) < 4.78 is 13.2. The smallest absolute Gasteiger partial charge is 0.139 e. The van der Waals surface area contributed by atoms with E-state index in [4.69, 9.17) is 0 Å². The maximum absolute atomic E-state index is 13.2. The normalized spacial score (nSPS) is 33.0. The van der Waals surface area contributed by atoms with Gasteiger partial charge in [-0.2, -0.15) is 0 Å². The number of rotatable bonds is 4. The molecule has 3 fully saturated rings. The number of hydrogen-bond donors (Lipinski definition) is 0. The van der Waals surface area contributed by atoms with Gasteiger partial charge in [-0.3, -0.25) is 4.79 Å². The number of carbonyl (C=O) groups excluding carboxylic acids is 1. The molecule has 2 aliphatic carbocycles. The molecule has 1 saturated heterocycles. The number of nitrogens with zero attached hydrogens (tertiary/aromatic N) is 1. The van der Waals surface area contributed by atoms with Crippen LogP contribution in [0.1, 0.15) is 70.6 Å². The van der Waals surface area contributed by atoms with Gasteiger partial charge in [0, 0.05) is 18.4 Å². The molecule has 0 aromatic carbocycles. The van der Waals surface area contributed by atoms with Crippen molar-refractivity contribution in [3.05, 3.63) is 0 Å². The molecule has 3 aliphatic rings. The Hall–Kier alpha value is -0.440. The zero-order valence-electron chi connectivity index (χ0n) is 13.9. The van der Waals surface area contributed by atoms with Gasteiger partial charge in [-0.1, -0.05) is 19.3 Å². The summed E-state index contributed by atoms with van der Waals surface area (Å²) in [5, 5.41) is 0. The van der Waals surface area contributed by atoms with Crippen LogP contribution >= 0.6 is 0 Å². The van der Waals surface area contributed by atoms with Crippen molar-refractivity contribution in [3.63, 3.8) is 0 Å². The maximum atomic E-state index is 13.2. The van der Waals surface area contributed by atoms with Crippen molar-refractivity contribution < 1.29 is 9.18 Å². The molecule has 0 bridgehead atoms. The number of piperidine rings is 1. The van der Waals surface area contributed by atoms with E-state index >= 15 is 0 Å². The molecule has 2 nitrogen and oxygen atoms in total. The Morgan fingerprint density at radius 3 is 2.05 bits per heavy atom. The predicted molar refractivity (Wildman–Crippen MR) is 87.6 cm³/mol. The van der Waals surface area contributed by atoms with Gasteiger partial charge in [0.25, 0.3) is 0 Å². The Morgan fingerprint density at radius 2 is 1.41 bits per heavy atom. The lowest BCUT2D eigenvalue weighted by molar-refractivity contribution is -0.129. The van der Waals surface area contributed by atoms with Gasteiger partial charge >= 0.3 is 0 Å². The molecule has 0 radical (unpaired) electrons. The quantitative estimate of drug-likeness (QED) is 0.768. The van der Waals surface area contributed by atoms with E-state index in [1.165, 1.54) is 19.3 Å². The lowest BCUT2D eigenvalue weighted by atomic mass is 9.78. The highest BCUT2D eigenvalue weighted by atomic mass is 19.1. The van der Waals surface area contributed by atoms with Crippen molar-refractivity contribution in [2.24, 2.45) is 17.8 Å². The Labute approximate surface area is 134 Å². The molecule has 1 heterocycles. The van der Waals surface area contributed by atoms with Crippen LogP contribution < -0.4 is 0 Å². The third-order valence-electron chi connectivity index (χ3n) is 6.29. The molecule has 0 amide bonds. The summed E-state index contributed by atoms with van der Waals surface area (Å²) in [5.41, 5.74) is 0. The van der Waals surface area contributed by atoms with Gasteiger partial charge in [-0.05, 0) is 70.4 Å². The van der Waals surface area contributed by atoms with Gasteiger partial charge in [0.2, 0.25) is 0 Å². The second-order valence-electron chi connectivity index (χ2n) is 7.93. The summed E-state index contributed by atoms with van der Waals surface area (Å²) in [7, 11) is 0. The van der Waals surface area contributed by atoms with Gasteiger partial charge in [0.1, 0.15) is 12.0 Å². The maximum Gasteiger partial charge on any atom is 0.139 e. The minimum atomic E-state index is -0.546. The highest BCUT2D eigenvalue weighted by Gasteiger charge is 2.31. The molecule has 0 spiro atoms.